The van der Waals surface area contributed by atoms with Crippen LogP contribution in [0.3, 0.4) is 0 Å². The van der Waals surface area contributed by atoms with Gasteiger partial charge in [-0.2, -0.15) is 0 Å². The predicted molar refractivity (Wildman–Crippen MR) is 41.9 cm³/mol. The van der Waals surface area contributed by atoms with Gasteiger partial charge in [0.15, 0.2) is 5.78 Å². The molecule has 5 nitrogen and oxygen atoms in total. The highest BCUT2D eigenvalue weighted by Gasteiger charge is 2.08. The maximum absolute atomic E-state index is 10.6. The number of hydrogen-bond acceptors (Lipinski definition) is 3. The lowest BCUT2D eigenvalue weighted by molar-refractivity contribution is -0.139. The fourth-order valence-corrected chi connectivity index (χ4v) is 0.658. The second kappa shape index (κ2) is 4.66. The number of rotatable bonds is 4. The van der Waals surface area contributed by atoms with Crippen LogP contribution in [0.1, 0.15) is 6.42 Å². The van der Waals surface area contributed by atoms with Crippen molar-refractivity contribution < 1.29 is 24.6 Å². The Kier molecular flexibility index (Phi) is 4.20. The van der Waals surface area contributed by atoms with Gasteiger partial charge in [-0.1, -0.05) is 0 Å². The van der Waals surface area contributed by atoms with Crippen LogP contribution >= 0.6 is 15.9 Å². The highest BCUT2D eigenvalue weighted by molar-refractivity contribution is 9.12. The summed E-state index contributed by atoms with van der Waals surface area (Å²) in [6.45, 7) is 0. The topological polar surface area (TPSA) is 91.7 Å². The molecule has 0 saturated heterocycles. The SMILES string of the molecule is O=C(O)CC(=O)/C=C(/Br)C(=O)O. The van der Waals surface area contributed by atoms with Gasteiger partial charge in [-0.05, 0) is 15.9 Å². The van der Waals surface area contributed by atoms with Crippen LogP contribution in [0, 0.1) is 0 Å². The van der Waals surface area contributed by atoms with Crippen LogP contribution in [-0.2, 0) is 14.4 Å². The Morgan fingerprint density at radius 2 is 1.75 bits per heavy atom. The van der Waals surface area contributed by atoms with Crippen LogP contribution in [0.25, 0.3) is 0 Å². The van der Waals surface area contributed by atoms with Gasteiger partial charge in [0, 0.05) is 6.08 Å². The van der Waals surface area contributed by atoms with Gasteiger partial charge in [-0.3, -0.25) is 9.59 Å². The van der Waals surface area contributed by atoms with Crippen molar-refractivity contribution in [3.8, 4) is 0 Å². The molecule has 0 aromatic heterocycles. The van der Waals surface area contributed by atoms with Gasteiger partial charge in [0.2, 0.25) is 0 Å². The third-order valence-electron chi connectivity index (χ3n) is 0.817. The summed E-state index contributed by atoms with van der Waals surface area (Å²) in [5, 5.41) is 16.4. The van der Waals surface area contributed by atoms with Gasteiger partial charge < -0.3 is 10.2 Å². The van der Waals surface area contributed by atoms with Crippen molar-refractivity contribution in [3.05, 3.63) is 10.6 Å². The summed E-state index contributed by atoms with van der Waals surface area (Å²) >= 11 is 2.58. The average molecular weight is 237 g/mol. The number of ketones is 1. The standard InChI is InChI=1S/C6H5BrO5/c7-4(6(11)12)1-3(8)2-5(9)10/h1H,2H2,(H,9,10)(H,11,12)/b4-1+. The van der Waals surface area contributed by atoms with Gasteiger partial charge in [0.25, 0.3) is 0 Å². The molecule has 0 aliphatic rings. The maximum Gasteiger partial charge on any atom is 0.342 e. The van der Waals surface area contributed by atoms with E-state index in [1.165, 1.54) is 0 Å². The fraction of sp³-hybridized carbons (Fsp3) is 0.167. The normalized spacial score (nSPS) is 10.9. The molecule has 0 spiro atoms. The molecule has 0 heterocycles. The first-order valence-corrected chi connectivity index (χ1v) is 3.58. The first kappa shape index (κ1) is 10.8. The van der Waals surface area contributed by atoms with E-state index in [0.29, 0.717) is 0 Å². The van der Waals surface area contributed by atoms with Crippen molar-refractivity contribution >= 4 is 33.7 Å². The van der Waals surface area contributed by atoms with Crippen molar-refractivity contribution in [2.24, 2.45) is 0 Å². The molecule has 0 fully saturated rings. The lowest BCUT2D eigenvalue weighted by Crippen LogP contribution is -2.05. The van der Waals surface area contributed by atoms with Crippen LogP contribution in [0.4, 0.5) is 0 Å². The van der Waals surface area contributed by atoms with Gasteiger partial charge in [-0.15, -0.1) is 0 Å². The minimum Gasteiger partial charge on any atom is -0.481 e. The molecule has 12 heavy (non-hydrogen) atoms. The number of aliphatic carboxylic acids is 2. The summed E-state index contributed by atoms with van der Waals surface area (Å²) in [7, 11) is 0. The van der Waals surface area contributed by atoms with E-state index in [1.54, 1.807) is 0 Å². The van der Waals surface area contributed by atoms with E-state index in [-0.39, 0.29) is 4.48 Å². The monoisotopic (exact) mass is 236 g/mol. The molecule has 0 saturated carbocycles. The van der Waals surface area contributed by atoms with E-state index in [0.717, 1.165) is 6.08 Å². The quantitative estimate of drug-likeness (QED) is 0.545. The molecule has 0 amide bonds. The number of carboxylic acids is 2. The summed E-state index contributed by atoms with van der Waals surface area (Å²) in [5.74, 6) is -3.37. The summed E-state index contributed by atoms with van der Waals surface area (Å²) in [5.41, 5.74) is 0. The van der Waals surface area contributed by atoms with Crippen molar-refractivity contribution in [3.63, 3.8) is 0 Å². The van der Waals surface area contributed by atoms with Crippen molar-refractivity contribution in [2.75, 3.05) is 0 Å². The molecule has 0 radical (unpaired) electrons. The zero-order valence-electron chi connectivity index (χ0n) is 5.78. The zero-order chi connectivity index (χ0) is 9.72. The molecule has 0 bridgehead atoms. The lowest BCUT2D eigenvalue weighted by Gasteiger charge is -1.89. The highest BCUT2D eigenvalue weighted by Crippen LogP contribution is 2.04. The van der Waals surface area contributed by atoms with Crippen LogP contribution in [-0.4, -0.2) is 27.9 Å². The predicted octanol–water partition coefficient (Wildman–Crippen LogP) is 0.394. The molecule has 2 N–H and O–H groups in total. The Morgan fingerprint density at radius 1 is 1.25 bits per heavy atom. The highest BCUT2D eigenvalue weighted by atomic mass is 79.9. The fourth-order valence-electron chi connectivity index (χ4n) is 0.403. The summed E-state index contributed by atoms with van der Waals surface area (Å²) in [6.07, 6.45) is 0.0127. The molecular formula is C6H5BrO5. The van der Waals surface area contributed by atoms with Gasteiger partial charge in [-0.25, -0.2) is 4.79 Å². The Morgan fingerprint density at radius 3 is 2.08 bits per heavy atom. The van der Waals surface area contributed by atoms with Crippen molar-refractivity contribution in [1.29, 1.82) is 0 Å². The Labute approximate surface area is 75.8 Å². The van der Waals surface area contributed by atoms with Crippen molar-refractivity contribution in [2.45, 2.75) is 6.42 Å². The van der Waals surface area contributed by atoms with Crippen LogP contribution in [0.5, 0.6) is 0 Å². The Hall–Kier alpha value is -1.17. The van der Waals surface area contributed by atoms with Crippen LogP contribution in [0.2, 0.25) is 0 Å². The summed E-state index contributed by atoms with van der Waals surface area (Å²) in [4.78, 5) is 30.7. The third kappa shape index (κ3) is 4.62. The zero-order valence-corrected chi connectivity index (χ0v) is 7.37. The maximum atomic E-state index is 10.6. The summed E-state index contributed by atoms with van der Waals surface area (Å²) < 4.78 is -0.353. The number of carbonyl (C=O) groups is 3. The van der Waals surface area contributed by atoms with Crippen LogP contribution in [0.15, 0.2) is 10.6 Å². The Balaban J connectivity index is 4.24. The first-order valence-electron chi connectivity index (χ1n) is 2.78. The van der Waals surface area contributed by atoms with Gasteiger partial charge in [0.05, 0.1) is 0 Å². The molecular weight excluding hydrogens is 232 g/mol. The third-order valence-corrected chi connectivity index (χ3v) is 1.39. The second-order valence-corrected chi connectivity index (χ2v) is 2.69. The smallest absolute Gasteiger partial charge is 0.342 e. The molecule has 0 aliphatic heterocycles. The Bertz CT molecular complexity index is 255. The molecule has 66 valence electrons. The van der Waals surface area contributed by atoms with Crippen LogP contribution < -0.4 is 0 Å². The molecule has 0 aliphatic carbocycles. The van der Waals surface area contributed by atoms with E-state index in [2.05, 4.69) is 15.9 Å². The number of allylic oxidation sites excluding steroid dienone is 1. The van der Waals surface area contributed by atoms with Gasteiger partial charge in [0.1, 0.15) is 10.9 Å². The van der Waals surface area contributed by atoms with Crippen molar-refractivity contribution in [1.82, 2.24) is 0 Å². The number of hydrogen-bond donors (Lipinski definition) is 2. The van der Waals surface area contributed by atoms with E-state index in [4.69, 9.17) is 10.2 Å². The first-order chi connectivity index (χ1) is 5.43. The average Bonchev–Trinajstić information content (AvgIpc) is 1.84. The molecule has 0 rings (SSSR count). The molecule has 0 unspecified atom stereocenters. The molecule has 6 heteroatoms. The van der Waals surface area contributed by atoms with Gasteiger partial charge >= 0.3 is 11.9 Å². The van der Waals surface area contributed by atoms with E-state index >= 15 is 0 Å². The largest absolute Gasteiger partial charge is 0.481 e. The lowest BCUT2D eigenvalue weighted by atomic mass is 10.2. The summed E-state index contributed by atoms with van der Waals surface area (Å²) in [6, 6.07) is 0. The minimum absolute atomic E-state index is 0.353. The van der Waals surface area contributed by atoms with E-state index in [1.807, 2.05) is 0 Å². The molecule has 0 atom stereocenters. The number of carboxylic acid groups (broad SMARTS) is 2. The van der Waals surface area contributed by atoms with E-state index in [9.17, 15) is 14.4 Å². The van der Waals surface area contributed by atoms with E-state index < -0.39 is 24.1 Å². The molecule has 0 aromatic rings. The number of carbonyl (C=O) groups excluding carboxylic acids is 1. The molecule has 0 aromatic carbocycles. The minimum atomic E-state index is -1.31. The second-order valence-electron chi connectivity index (χ2n) is 1.83. The number of halogens is 1.